The zero-order chi connectivity index (χ0) is 15.9. The minimum atomic E-state index is -3.17. The van der Waals surface area contributed by atoms with Crippen molar-refractivity contribution in [2.75, 3.05) is 31.1 Å². The Bertz CT molecular complexity index is 777. The third kappa shape index (κ3) is 2.71. The maximum atomic E-state index is 12.2. The van der Waals surface area contributed by atoms with Crippen molar-refractivity contribution in [3.05, 3.63) is 29.4 Å². The van der Waals surface area contributed by atoms with Crippen molar-refractivity contribution < 1.29 is 8.42 Å². The molecule has 2 aromatic rings. The lowest BCUT2D eigenvalue weighted by atomic mass is 10.2. The number of piperazine rings is 1. The van der Waals surface area contributed by atoms with Gasteiger partial charge in [0.2, 0.25) is 10.0 Å². The van der Waals surface area contributed by atoms with E-state index in [1.807, 2.05) is 24.4 Å². The summed E-state index contributed by atoms with van der Waals surface area (Å²) in [6.07, 6.45) is 1.89. The molecule has 2 heterocycles. The van der Waals surface area contributed by atoms with Gasteiger partial charge in [-0.1, -0.05) is 11.6 Å². The summed E-state index contributed by atoms with van der Waals surface area (Å²) in [6, 6.07) is 5.88. The Kier molecular flexibility index (Phi) is 4.09. The highest BCUT2D eigenvalue weighted by molar-refractivity contribution is 7.89. The summed E-state index contributed by atoms with van der Waals surface area (Å²) in [5, 5.41) is 1.42. The van der Waals surface area contributed by atoms with E-state index in [9.17, 15) is 8.42 Å². The summed E-state index contributed by atoms with van der Waals surface area (Å²) in [5.74, 6) is 0. The second kappa shape index (κ2) is 5.76. The van der Waals surface area contributed by atoms with Crippen molar-refractivity contribution >= 4 is 38.2 Å². The van der Waals surface area contributed by atoms with Gasteiger partial charge in [0, 0.05) is 54.0 Å². The fraction of sp³-hybridized carbons (Fsp3) is 0.467. The van der Waals surface area contributed by atoms with Gasteiger partial charge in [-0.2, -0.15) is 4.31 Å². The van der Waals surface area contributed by atoms with Gasteiger partial charge in [-0.05, 0) is 32.0 Å². The van der Waals surface area contributed by atoms with Crippen LogP contribution in [0.25, 0.3) is 10.9 Å². The Morgan fingerprint density at radius 3 is 2.50 bits per heavy atom. The standard InChI is InChI=1S/C15H20ClN3O2S/c1-11(2)22(20,21)19-7-5-18(6-8-19)15-10-12(16)9-14-13(15)3-4-17-14/h3-4,9-11,17H,5-8H2,1-2H3. The van der Waals surface area contributed by atoms with Crippen LogP contribution in [0.15, 0.2) is 24.4 Å². The Labute approximate surface area is 135 Å². The first kappa shape index (κ1) is 15.6. The van der Waals surface area contributed by atoms with Gasteiger partial charge >= 0.3 is 0 Å². The molecule has 1 aliphatic heterocycles. The number of anilines is 1. The van der Waals surface area contributed by atoms with E-state index in [0.717, 1.165) is 16.6 Å². The van der Waals surface area contributed by atoms with E-state index >= 15 is 0 Å². The van der Waals surface area contributed by atoms with E-state index in [4.69, 9.17) is 11.6 Å². The molecule has 0 aliphatic carbocycles. The maximum Gasteiger partial charge on any atom is 0.216 e. The fourth-order valence-electron chi connectivity index (χ4n) is 2.86. The van der Waals surface area contributed by atoms with Crippen LogP contribution >= 0.6 is 11.6 Å². The molecule has 0 amide bonds. The van der Waals surface area contributed by atoms with E-state index in [1.54, 1.807) is 18.2 Å². The van der Waals surface area contributed by atoms with Crippen LogP contribution in [0.4, 0.5) is 5.69 Å². The summed E-state index contributed by atoms with van der Waals surface area (Å²) in [6.45, 7) is 5.82. The SMILES string of the molecule is CC(C)S(=O)(=O)N1CCN(c2cc(Cl)cc3[nH]ccc23)CC1. The van der Waals surface area contributed by atoms with E-state index < -0.39 is 10.0 Å². The van der Waals surface area contributed by atoms with Gasteiger partial charge in [0.25, 0.3) is 0 Å². The maximum absolute atomic E-state index is 12.2. The fourth-order valence-corrected chi connectivity index (χ4v) is 4.34. The Balaban J connectivity index is 1.83. The number of aromatic nitrogens is 1. The van der Waals surface area contributed by atoms with Gasteiger partial charge < -0.3 is 9.88 Å². The highest BCUT2D eigenvalue weighted by Crippen LogP contribution is 2.31. The predicted molar refractivity (Wildman–Crippen MR) is 91.2 cm³/mol. The molecule has 1 aromatic heterocycles. The number of hydrogen-bond acceptors (Lipinski definition) is 3. The number of halogens is 1. The van der Waals surface area contributed by atoms with Crippen molar-refractivity contribution in [3.63, 3.8) is 0 Å². The number of rotatable bonds is 3. The number of sulfonamides is 1. The number of H-pyrrole nitrogens is 1. The molecule has 0 atom stereocenters. The second-order valence-corrected chi connectivity index (χ2v) is 8.77. The van der Waals surface area contributed by atoms with Crippen LogP contribution in [-0.4, -0.2) is 49.1 Å². The van der Waals surface area contributed by atoms with E-state index in [1.165, 1.54) is 0 Å². The summed E-state index contributed by atoms with van der Waals surface area (Å²) in [7, 11) is -3.17. The van der Waals surface area contributed by atoms with Crippen molar-refractivity contribution in [2.45, 2.75) is 19.1 Å². The molecule has 0 radical (unpaired) electrons. The molecular weight excluding hydrogens is 322 g/mol. The van der Waals surface area contributed by atoms with Crippen LogP contribution in [0.2, 0.25) is 5.02 Å². The summed E-state index contributed by atoms with van der Waals surface area (Å²) < 4.78 is 26.1. The van der Waals surface area contributed by atoms with Crippen molar-refractivity contribution in [2.24, 2.45) is 0 Å². The molecule has 1 fully saturated rings. The van der Waals surface area contributed by atoms with Gasteiger partial charge in [0.05, 0.1) is 5.25 Å². The Hall–Kier alpha value is -1.24. The number of fused-ring (bicyclic) bond motifs is 1. The van der Waals surface area contributed by atoms with Crippen LogP contribution in [0, 0.1) is 0 Å². The molecule has 0 unspecified atom stereocenters. The number of nitrogens with zero attached hydrogens (tertiary/aromatic N) is 2. The number of hydrogen-bond donors (Lipinski definition) is 1. The predicted octanol–water partition coefficient (Wildman–Crippen LogP) is 2.68. The van der Waals surface area contributed by atoms with Crippen LogP contribution in [0.5, 0.6) is 0 Å². The molecule has 7 heteroatoms. The van der Waals surface area contributed by atoms with Crippen molar-refractivity contribution in [1.82, 2.24) is 9.29 Å². The Morgan fingerprint density at radius 1 is 1.18 bits per heavy atom. The van der Waals surface area contributed by atoms with Crippen LogP contribution in [-0.2, 0) is 10.0 Å². The number of aromatic amines is 1. The summed E-state index contributed by atoms with van der Waals surface area (Å²) in [5.41, 5.74) is 2.06. The van der Waals surface area contributed by atoms with Crippen molar-refractivity contribution in [1.29, 1.82) is 0 Å². The van der Waals surface area contributed by atoms with Gasteiger partial charge in [0.15, 0.2) is 0 Å². The third-order valence-corrected chi connectivity index (χ3v) is 6.64. The summed E-state index contributed by atoms with van der Waals surface area (Å²) in [4.78, 5) is 5.37. The molecule has 1 aromatic carbocycles. The normalized spacial score (nSPS) is 17.5. The molecule has 1 N–H and O–H groups in total. The molecule has 0 spiro atoms. The molecular formula is C15H20ClN3O2S. The topological polar surface area (TPSA) is 56.4 Å². The quantitative estimate of drug-likeness (QED) is 0.933. The Morgan fingerprint density at radius 2 is 1.86 bits per heavy atom. The van der Waals surface area contributed by atoms with E-state index in [2.05, 4.69) is 9.88 Å². The largest absolute Gasteiger partial charge is 0.368 e. The van der Waals surface area contributed by atoms with Crippen LogP contribution in [0.3, 0.4) is 0 Å². The smallest absolute Gasteiger partial charge is 0.216 e. The van der Waals surface area contributed by atoms with Crippen LogP contribution < -0.4 is 4.90 Å². The first-order valence-corrected chi connectivity index (χ1v) is 9.28. The highest BCUT2D eigenvalue weighted by atomic mass is 35.5. The lowest BCUT2D eigenvalue weighted by Gasteiger charge is -2.36. The van der Waals surface area contributed by atoms with Gasteiger partial charge in [-0.3, -0.25) is 0 Å². The zero-order valence-electron chi connectivity index (χ0n) is 12.7. The average Bonchev–Trinajstić information content (AvgIpc) is 2.94. The number of benzene rings is 1. The average molecular weight is 342 g/mol. The van der Waals surface area contributed by atoms with Gasteiger partial charge in [0.1, 0.15) is 0 Å². The van der Waals surface area contributed by atoms with E-state index in [-0.39, 0.29) is 5.25 Å². The van der Waals surface area contributed by atoms with Gasteiger partial charge in [-0.25, -0.2) is 8.42 Å². The molecule has 0 saturated carbocycles. The second-order valence-electron chi connectivity index (χ2n) is 5.84. The minimum absolute atomic E-state index is 0.374. The molecule has 1 saturated heterocycles. The van der Waals surface area contributed by atoms with Gasteiger partial charge in [-0.15, -0.1) is 0 Å². The molecule has 120 valence electrons. The van der Waals surface area contributed by atoms with Crippen LogP contribution in [0.1, 0.15) is 13.8 Å². The first-order valence-electron chi connectivity index (χ1n) is 7.40. The van der Waals surface area contributed by atoms with Crippen molar-refractivity contribution in [3.8, 4) is 0 Å². The zero-order valence-corrected chi connectivity index (χ0v) is 14.3. The van der Waals surface area contributed by atoms with E-state index in [0.29, 0.717) is 31.2 Å². The third-order valence-electron chi connectivity index (χ3n) is 4.15. The number of nitrogens with one attached hydrogen (secondary N) is 1. The highest BCUT2D eigenvalue weighted by Gasteiger charge is 2.29. The first-order chi connectivity index (χ1) is 10.4. The molecule has 3 rings (SSSR count). The minimum Gasteiger partial charge on any atom is -0.368 e. The summed E-state index contributed by atoms with van der Waals surface area (Å²) >= 11 is 6.19. The molecule has 0 bridgehead atoms. The molecule has 22 heavy (non-hydrogen) atoms. The monoisotopic (exact) mass is 341 g/mol. The lowest BCUT2D eigenvalue weighted by Crippen LogP contribution is -2.50. The molecule has 5 nitrogen and oxygen atoms in total. The molecule has 1 aliphatic rings. The lowest BCUT2D eigenvalue weighted by molar-refractivity contribution is 0.381.